The number of likely N-dealkylation sites (tertiary alicyclic amines) is 1. The van der Waals surface area contributed by atoms with E-state index in [4.69, 9.17) is 9.94 Å². The molecule has 0 bridgehead atoms. The first-order valence-electron chi connectivity index (χ1n) is 9.94. The number of pyridine rings is 1. The largest absolute Gasteiger partial charge is 0.487 e. The summed E-state index contributed by atoms with van der Waals surface area (Å²) in [7, 11) is 0. The highest BCUT2D eigenvalue weighted by Gasteiger charge is 2.42. The molecule has 0 unspecified atom stereocenters. The molecule has 0 saturated carbocycles. The number of aryl methyl sites for hydroxylation is 1. The van der Waals surface area contributed by atoms with E-state index in [9.17, 15) is 4.79 Å². The van der Waals surface area contributed by atoms with Crippen molar-refractivity contribution < 1.29 is 14.7 Å². The van der Waals surface area contributed by atoms with Crippen molar-refractivity contribution in [2.24, 2.45) is 0 Å². The molecule has 6 nitrogen and oxygen atoms in total. The van der Waals surface area contributed by atoms with E-state index in [1.54, 1.807) is 10.4 Å². The molecule has 5 rings (SSSR count). The van der Waals surface area contributed by atoms with Gasteiger partial charge < -0.3 is 9.64 Å². The van der Waals surface area contributed by atoms with Crippen molar-refractivity contribution in [1.29, 1.82) is 0 Å². The quantitative estimate of drug-likeness (QED) is 0.486. The SMILES string of the molecule is Cc1c(-c2ccc3c(c2)CC2(CCN(C(=O)NO)CC2)O3)cnc2ccccc12. The highest BCUT2D eigenvalue weighted by Crippen LogP contribution is 2.43. The summed E-state index contributed by atoms with van der Waals surface area (Å²) < 4.78 is 6.35. The molecule has 3 heterocycles. The number of para-hydroxylation sites is 1. The van der Waals surface area contributed by atoms with Crippen molar-refractivity contribution in [2.75, 3.05) is 13.1 Å². The van der Waals surface area contributed by atoms with Crippen LogP contribution < -0.4 is 10.2 Å². The van der Waals surface area contributed by atoms with Gasteiger partial charge in [0.2, 0.25) is 0 Å². The summed E-state index contributed by atoms with van der Waals surface area (Å²) in [6.07, 6.45) is 4.30. The molecule has 0 radical (unpaired) electrons. The van der Waals surface area contributed by atoms with Crippen LogP contribution in [-0.2, 0) is 6.42 Å². The van der Waals surface area contributed by atoms with Crippen LogP contribution in [0.1, 0.15) is 24.0 Å². The standard InChI is InChI=1S/C23H23N3O3/c1-15-18-4-2-3-5-20(18)24-14-19(15)16-6-7-21-17(12-16)13-23(29-21)8-10-26(11-9-23)22(27)25-28/h2-7,12,14,28H,8-11,13H2,1H3,(H,25,27). The second kappa shape index (κ2) is 6.74. The number of rotatable bonds is 1. The van der Waals surface area contributed by atoms with Crippen LogP contribution in [0.4, 0.5) is 4.79 Å². The van der Waals surface area contributed by atoms with Gasteiger partial charge in [-0.15, -0.1) is 0 Å². The van der Waals surface area contributed by atoms with Crippen molar-refractivity contribution in [1.82, 2.24) is 15.4 Å². The van der Waals surface area contributed by atoms with Crippen molar-refractivity contribution in [3.05, 3.63) is 59.8 Å². The van der Waals surface area contributed by atoms with Crippen LogP contribution in [0.5, 0.6) is 5.75 Å². The lowest BCUT2D eigenvalue weighted by Crippen LogP contribution is -2.51. The minimum atomic E-state index is -0.447. The number of ether oxygens (including phenoxy) is 1. The Bertz CT molecular complexity index is 1100. The molecule has 1 spiro atoms. The van der Waals surface area contributed by atoms with Gasteiger partial charge in [0.05, 0.1) is 5.52 Å². The van der Waals surface area contributed by atoms with Crippen molar-refractivity contribution in [3.8, 4) is 16.9 Å². The number of urea groups is 1. The Labute approximate surface area is 169 Å². The maximum absolute atomic E-state index is 11.6. The number of hydroxylamine groups is 1. The Morgan fingerprint density at radius 3 is 2.79 bits per heavy atom. The second-order valence-corrected chi connectivity index (χ2v) is 8.00. The summed E-state index contributed by atoms with van der Waals surface area (Å²) in [6.45, 7) is 3.29. The molecule has 1 saturated heterocycles. The molecule has 2 N–H and O–H groups in total. The van der Waals surface area contributed by atoms with Gasteiger partial charge in [-0.05, 0) is 41.8 Å². The number of amides is 2. The number of piperidine rings is 1. The summed E-state index contributed by atoms with van der Waals surface area (Å²) >= 11 is 0. The normalized spacial score (nSPS) is 17.2. The van der Waals surface area contributed by atoms with Gasteiger partial charge in [-0.1, -0.05) is 24.3 Å². The molecule has 6 heteroatoms. The number of hydrogen-bond acceptors (Lipinski definition) is 4. The van der Waals surface area contributed by atoms with E-state index in [-0.39, 0.29) is 5.60 Å². The molecule has 2 aromatic carbocycles. The zero-order valence-corrected chi connectivity index (χ0v) is 16.3. The molecule has 3 aromatic rings. The van der Waals surface area contributed by atoms with Crippen LogP contribution in [0.15, 0.2) is 48.7 Å². The number of fused-ring (bicyclic) bond motifs is 2. The lowest BCUT2D eigenvalue weighted by Gasteiger charge is -2.38. The van der Waals surface area contributed by atoms with E-state index in [1.165, 1.54) is 16.5 Å². The highest BCUT2D eigenvalue weighted by atomic mass is 16.5. The molecule has 2 amide bonds. The number of nitrogens with one attached hydrogen (secondary N) is 1. The predicted molar refractivity (Wildman–Crippen MR) is 110 cm³/mol. The third-order valence-electron chi connectivity index (χ3n) is 6.31. The minimum absolute atomic E-state index is 0.260. The Hall–Kier alpha value is -3.12. The minimum Gasteiger partial charge on any atom is -0.487 e. The summed E-state index contributed by atoms with van der Waals surface area (Å²) in [5.74, 6) is 0.931. The van der Waals surface area contributed by atoms with Gasteiger partial charge in [0.1, 0.15) is 11.4 Å². The third kappa shape index (κ3) is 3.00. The molecular weight excluding hydrogens is 366 g/mol. The maximum atomic E-state index is 11.6. The predicted octanol–water partition coefficient (Wildman–Crippen LogP) is 4.08. The lowest BCUT2D eigenvalue weighted by molar-refractivity contribution is 0.0242. The fourth-order valence-corrected chi connectivity index (χ4v) is 4.64. The molecule has 2 aliphatic rings. The number of benzene rings is 2. The van der Waals surface area contributed by atoms with E-state index in [2.05, 4.69) is 36.2 Å². The van der Waals surface area contributed by atoms with Crippen LogP contribution >= 0.6 is 0 Å². The smallest absolute Gasteiger partial charge is 0.341 e. The fourth-order valence-electron chi connectivity index (χ4n) is 4.64. The number of carbonyl (C=O) groups excluding carboxylic acids is 1. The molecule has 148 valence electrons. The fraction of sp³-hybridized carbons (Fsp3) is 0.304. The van der Waals surface area contributed by atoms with E-state index in [0.29, 0.717) is 13.1 Å². The average molecular weight is 389 g/mol. The molecule has 29 heavy (non-hydrogen) atoms. The van der Waals surface area contributed by atoms with Crippen LogP contribution in [-0.4, -0.2) is 39.8 Å². The number of nitrogens with zero attached hydrogens (tertiary/aromatic N) is 2. The monoisotopic (exact) mass is 389 g/mol. The van der Waals surface area contributed by atoms with Gasteiger partial charge in [0, 0.05) is 49.5 Å². The first-order valence-corrected chi connectivity index (χ1v) is 9.94. The van der Waals surface area contributed by atoms with Gasteiger partial charge in [0.15, 0.2) is 0 Å². The van der Waals surface area contributed by atoms with Crippen LogP contribution in [0.25, 0.3) is 22.0 Å². The van der Waals surface area contributed by atoms with E-state index < -0.39 is 6.03 Å². The summed E-state index contributed by atoms with van der Waals surface area (Å²) in [5, 5.41) is 10.0. The van der Waals surface area contributed by atoms with Crippen molar-refractivity contribution in [3.63, 3.8) is 0 Å². The van der Waals surface area contributed by atoms with E-state index >= 15 is 0 Å². The Morgan fingerprint density at radius 1 is 1.21 bits per heavy atom. The number of carbonyl (C=O) groups is 1. The molecule has 2 aliphatic heterocycles. The van der Waals surface area contributed by atoms with Gasteiger partial charge in [-0.25, -0.2) is 10.3 Å². The van der Waals surface area contributed by atoms with Gasteiger partial charge in [-0.3, -0.25) is 10.2 Å². The molecule has 0 aliphatic carbocycles. The number of hydrogen-bond donors (Lipinski definition) is 2. The molecule has 1 aromatic heterocycles. The van der Waals surface area contributed by atoms with Crippen molar-refractivity contribution >= 4 is 16.9 Å². The van der Waals surface area contributed by atoms with Gasteiger partial charge >= 0.3 is 6.03 Å². The average Bonchev–Trinajstić information content (AvgIpc) is 3.11. The molecular formula is C23H23N3O3. The highest BCUT2D eigenvalue weighted by molar-refractivity contribution is 5.88. The second-order valence-electron chi connectivity index (χ2n) is 8.00. The van der Waals surface area contributed by atoms with Crippen LogP contribution in [0.2, 0.25) is 0 Å². The van der Waals surface area contributed by atoms with E-state index in [1.807, 2.05) is 24.4 Å². The molecule has 0 atom stereocenters. The Balaban J connectivity index is 1.42. The van der Waals surface area contributed by atoms with Gasteiger partial charge in [-0.2, -0.15) is 0 Å². The first-order chi connectivity index (χ1) is 14.1. The topological polar surface area (TPSA) is 74.7 Å². The number of aromatic nitrogens is 1. The van der Waals surface area contributed by atoms with Crippen LogP contribution in [0.3, 0.4) is 0 Å². The maximum Gasteiger partial charge on any atom is 0.341 e. The third-order valence-corrected chi connectivity index (χ3v) is 6.31. The van der Waals surface area contributed by atoms with Crippen molar-refractivity contribution in [2.45, 2.75) is 31.8 Å². The van der Waals surface area contributed by atoms with E-state index in [0.717, 1.165) is 41.7 Å². The first kappa shape index (κ1) is 17.9. The Kier molecular flexibility index (Phi) is 4.17. The summed E-state index contributed by atoms with van der Waals surface area (Å²) in [6, 6.07) is 14.1. The summed E-state index contributed by atoms with van der Waals surface area (Å²) in [4.78, 5) is 17.9. The zero-order chi connectivity index (χ0) is 20.0. The summed E-state index contributed by atoms with van der Waals surface area (Å²) in [5.41, 5.74) is 7.19. The molecule has 1 fully saturated rings. The van der Waals surface area contributed by atoms with Gasteiger partial charge in [0.25, 0.3) is 0 Å². The zero-order valence-electron chi connectivity index (χ0n) is 16.3. The van der Waals surface area contributed by atoms with Crippen LogP contribution in [0, 0.1) is 6.92 Å². The Morgan fingerprint density at radius 2 is 2.00 bits per heavy atom. The lowest BCUT2D eigenvalue weighted by atomic mass is 9.86.